The second-order valence-corrected chi connectivity index (χ2v) is 9.40. The van der Waals surface area contributed by atoms with Crippen molar-refractivity contribution in [2.75, 3.05) is 17.6 Å². The van der Waals surface area contributed by atoms with Crippen molar-refractivity contribution < 1.29 is 35.9 Å². The molecule has 1 aromatic heterocycles. The molecule has 0 spiro atoms. The first-order chi connectivity index (χ1) is 17.4. The van der Waals surface area contributed by atoms with Crippen LogP contribution in [-0.2, 0) is 23.1 Å². The van der Waals surface area contributed by atoms with Crippen molar-refractivity contribution in [1.82, 2.24) is 20.6 Å². The predicted molar refractivity (Wildman–Crippen MR) is 127 cm³/mol. The van der Waals surface area contributed by atoms with E-state index in [1.54, 1.807) is 18.2 Å². The monoisotopic (exact) mass is 537 g/mol. The molecule has 0 aliphatic carbocycles. The largest absolute Gasteiger partial charge is 0.497 e. The summed E-state index contributed by atoms with van der Waals surface area (Å²) in [4.78, 5) is 32.7. The van der Waals surface area contributed by atoms with Crippen LogP contribution >= 0.6 is 0 Å². The number of alkyl halides is 3. The summed E-state index contributed by atoms with van der Waals surface area (Å²) in [6.45, 7) is 0.222. The molecule has 3 aromatic rings. The maximum Gasteiger partial charge on any atom is 0.404 e. The van der Waals surface area contributed by atoms with E-state index in [1.165, 1.54) is 37.4 Å². The second kappa shape index (κ2) is 11.7. The van der Waals surface area contributed by atoms with Gasteiger partial charge in [0.05, 0.1) is 7.11 Å². The number of rotatable bonds is 10. The fourth-order valence-corrected chi connectivity index (χ4v) is 4.05. The number of benzene rings is 2. The number of nitrogens with zero attached hydrogens (tertiary/aromatic N) is 2. The molecular weight excluding hydrogens is 515 g/mol. The van der Waals surface area contributed by atoms with Crippen LogP contribution in [-0.4, -0.2) is 49.2 Å². The van der Waals surface area contributed by atoms with Gasteiger partial charge >= 0.3 is 6.18 Å². The lowest BCUT2D eigenvalue weighted by Crippen LogP contribution is -2.28. The lowest BCUT2D eigenvalue weighted by atomic mass is 10.2. The number of aromatic nitrogens is 2. The number of methoxy groups -OCH3 is 1. The summed E-state index contributed by atoms with van der Waals surface area (Å²) in [5.74, 6) is -2.47. The Labute approximate surface area is 210 Å². The summed E-state index contributed by atoms with van der Waals surface area (Å²) in [7, 11) is -3.06. The summed E-state index contributed by atoms with van der Waals surface area (Å²) >= 11 is 0. The highest BCUT2D eigenvalue weighted by Crippen LogP contribution is 2.19. The zero-order valence-corrected chi connectivity index (χ0v) is 20.2. The van der Waals surface area contributed by atoms with E-state index in [4.69, 9.17) is 4.74 Å². The van der Waals surface area contributed by atoms with Crippen molar-refractivity contribution in [2.24, 2.45) is 0 Å². The molecule has 0 bridgehead atoms. The number of anilines is 1. The van der Waals surface area contributed by atoms with Gasteiger partial charge in [0.25, 0.3) is 11.8 Å². The van der Waals surface area contributed by atoms with Crippen molar-refractivity contribution in [2.45, 2.75) is 19.3 Å². The molecule has 196 valence electrons. The van der Waals surface area contributed by atoms with E-state index in [9.17, 15) is 31.2 Å². The molecular formula is C23H22F3N5O5S. The molecule has 0 fully saturated rings. The molecule has 0 aliphatic heterocycles. The Hall–Kier alpha value is -4.20. The van der Waals surface area contributed by atoms with E-state index in [0.717, 1.165) is 11.9 Å². The highest BCUT2D eigenvalue weighted by Gasteiger charge is 2.35. The first kappa shape index (κ1) is 27.4. The Bertz CT molecular complexity index is 1370. The lowest BCUT2D eigenvalue weighted by Gasteiger charge is -2.11. The van der Waals surface area contributed by atoms with Crippen LogP contribution in [0.15, 0.2) is 60.9 Å². The average Bonchev–Trinajstić information content (AvgIpc) is 2.85. The van der Waals surface area contributed by atoms with Gasteiger partial charge in [0.15, 0.2) is 5.75 Å². The molecule has 1 heterocycles. The number of hydrogen-bond donors (Lipinski definition) is 3. The SMILES string of the molecule is COc1cccc(CNC(=O)c2cc(C(=O)NCc3ccc(NS(=O)(=O)CC(F)(F)F)cc3)ncn2)c1. The number of carbonyl (C=O) groups excluding carboxylic acids is 2. The van der Waals surface area contributed by atoms with Gasteiger partial charge in [-0.25, -0.2) is 18.4 Å². The fraction of sp³-hybridized carbons (Fsp3) is 0.217. The zero-order chi connectivity index (χ0) is 27.1. The number of ether oxygens (including phenoxy) is 1. The Morgan fingerprint density at radius 1 is 0.892 bits per heavy atom. The van der Waals surface area contributed by atoms with Crippen LogP contribution in [0.5, 0.6) is 5.75 Å². The fourth-order valence-electron chi connectivity index (χ4n) is 3.06. The van der Waals surface area contributed by atoms with Crippen molar-refractivity contribution in [3.8, 4) is 5.75 Å². The van der Waals surface area contributed by atoms with Gasteiger partial charge in [0.1, 0.15) is 23.5 Å². The maximum atomic E-state index is 12.5. The summed E-state index contributed by atoms with van der Waals surface area (Å²) < 4.78 is 67.1. The molecule has 3 rings (SSSR count). The Balaban J connectivity index is 1.54. The van der Waals surface area contributed by atoms with E-state index < -0.39 is 33.8 Å². The summed E-state index contributed by atoms with van der Waals surface area (Å²) in [5.41, 5.74) is 1.22. The van der Waals surface area contributed by atoms with Gasteiger partial charge < -0.3 is 15.4 Å². The van der Waals surface area contributed by atoms with E-state index in [0.29, 0.717) is 11.3 Å². The van der Waals surface area contributed by atoms with Gasteiger partial charge in [0, 0.05) is 24.8 Å². The molecule has 2 amide bonds. The predicted octanol–water partition coefficient (Wildman–Crippen LogP) is 2.65. The molecule has 0 atom stereocenters. The number of sulfonamides is 1. The van der Waals surface area contributed by atoms with Crippen LogP contribution in [0.3, 0.4) is 0 Å². The minimum absolute atomic E-state index is 0.00971. The lowest BCUT2D eigenvalue weighted by molar-refractivity contribution is -0.106. The Morgan fingerprint density at radius 3 is 2.05 bits per heavy atom. The molecule has 0 saturated heterocycles. The van der Waals surface area contributed by atoms with Crippen molar-refractivity contribution in [1.29, 1.82) is 0 Å². The molecule has 0 aliphatic rings. The third kappa shape index (κ3) is 8.75. The van der Waals surface area contributed by atoms with E-state index >= 15 is 0 Å². The maximum absolute atomic E-state index is 12.5. The molecule has 14 heteroatoms. The molecule has 2 aromatic carbocycles. The molecule has 37 heavy (non-hydrogen) atoms. The van der Waals surface area contributed by atoms with Gasteiger partial charge in [-0.3, -0.25) is 14.3 Å². The van der Waals surface area contributed by atoms with Gasteiger partial charge in [-0.15, -0.1) is 0 Å². The van der Waals surface area contributed by atoms with Gasteiger partial charge in [-0.2, -0.15) is 13.2 Å². The number of hydrogen-bond acceptors (Lipinski definition) is 7. The third-order valence-corrected chi connectivity index (χ3v) is 6.01. The minimum atomic E-state index is -4.87. The van der Waals surface area contributed by atoms with Crippen LogP contribution in [0.2, 0.25) is 0 Å². The quantitative estimate of drug-likeness (QED) is 0.361. The van der Waals surface area contributed by atoms with Crippen LogP contribution in [0, 0.1) is 0 Å². The summed E-state index contributed by atoms with van der Waals surface area (Å²) in [6, 6.07) is 13.8. The molecule has 0 saturated carbocycles. The molecule has 0 radical (unpaired) electrons. The third-order valence-electron chi connectivity index (χ3n) is 4.75. The number of halogens is 3. The van der Waals surface area contributed by atoms with Crippen molar-refractivity contribution in [3.63, 3.8) is 0 Å². The summed E-state index contributed by atoms with van der Waals surface area (Å²) in [5, 5.41) is 5.29. The average molecular weight is 538 g/mol. The summed E-state index contributed by atoms with van der Waals surface area (Å²) in [6.07, 6.45) is -3.79. The topological polar surface area (TPSA) is 139 Å². The standard InChI is InChI=1S/C23H22F3N5O5S/c1-36-18-4-2-3-16(9-18)12-28-22(33)20-10-19(29-14-30-20)21(32)27-11-15-5-7-17(8-6-15)31-37(34,35)13-23(24,25)26/h2-10,14,31H,11-13H2,1H3,(H,27,32)(H,28,33). The molecule has 0 unspecified atom stereocenters. The van der Waals surface area contributed by atoms with Gasteiger partial charge in [-0.1, -0.05) is 24.3 Å². The minimum Gasteiger partial charge on any atom is -0.497 e. The Morgan fingerprint density at radius 2 is 1.49 bits per heavy atom. The number of nitrogens with one attached hydrogen (secondary N) is 3. The second-order valence-electron chi connectivity index (χ2n) is 7.68. The van der Waals surface area contributed by atoms with Crippen LogP contribution in [0.4, 0.5) is 18.9 Å². The van der Waals surface area contributed by atoms with Crippen molar-refractivity contribution >= 4 is 27.5 Å². The first-order valence-corrected chi connectivity index (χ1v) is 12.3. The Kier molecular flexibility index (Phi) is 8.65. The smallest absolute Gasteiger partial charge is 0.404 e. The van der Waals surface area contributed by atoms with Gasteiger partial charge in [-0.05, 0) is 35.4 Å². The van der Waals surface area contributed by atoms with Crippen LogP contribution in [0.1, 0.15) is 32.1 Å². The number of amides is 2. The normalized spacial score (nSPS) is 11.5. The highest BCUT2D eigenvalue weighted by molar-refractivity contribution is 7.92. The van der Waals surface area contributed by atoms with E-state index in [1.807, 2.05) is 10.8 Å². The molecule has 3 N–H and O–H groups in total. The van der Waals surface area contributed by atoms with Crippen molar-refractivity contribution in [3.05, 3.63) is 83.4 Å². The van der Waals surface area contributed by atoms with Gasteiger partial charge in [0.2, 0.25) is 10.0 Å². The van der Waals surface area contributed by atoms with Crippen LogP contribution in [0.25, 0.3) is 0 Å². The van der Waals surface area contributed by atoms with E-state index in [-0.39, 0.29) is 30.2 Å². The van der Waals surface area contributed by atoms with E-state index in [2.05, 4.69) is 20.6 Å². The number of carbonyl (C=O) groups is 2. The first-order valence-electron chi connectivity index (χ1n) is 10.6. The highest BCUT2D eigenvalue weighted by atomic mass is 32.2. The van der Waals surface area contributed by atoms with Crippen LogP contribution < -0.4 is 20.1 Å². The zero-order valence-electron chi connectivity index (χ0n) is 19.4. The molecule has 10 nitrogen and oxygen atoms in total.